The fourth-order valence-electron chi connectivity index (χ4n) is 2.02. The van der Waals surface area contributed by atoms with Gasteiger partial charge in [0.15, 0.2) is 0 Å². The number of rotatable bonds is 6. The van der Waals surface area contributed by atoms with E-state index in [4.69, 9.17) is 10.5 Å². The van der Waals surface area contributed by atoms with Gasteiger partial charge in [0.1, 0.15) is 6.61 Å². The summed E-state index contributed by atoms with van der Waals surface area (Å²) in [7, 11) is 0. The molecule has 0 aliphatic carbocycles. The van der Waals surface area contributed by atoms with Gasteiger partial charge in [0.25, 0.3) is 0 Å². The Balaban J connectivity index is 1.84. The van der Waals surface area contributed by atoms with Crippen LogP contribution in [0.4, 0.5) is 5.69 Å². The number of carbonyl (C=O) groups excluding carboxylic acids is 2. The summed E-state index contributed by atoms with van der Waals surface area (Å²) in [5, 5.41) is 2.75. The van der Waals surface area contributed by atoms with E-state index in [1.54, 1.807) is 0 Å². The highest BCUT2D eigenvalue weighted by Crippen LogP contribution is 2.18. The van der Waals surface area contributed by atoms with E-state index in [0.29, 0.717) is 5.69 Å². The Morgan fingerprint density at radius 2 is 1.92 bits per heavy atom. The maximum absolute atomic E-state index is 12.1. The third-order valence-electron chi connectivity index (χ3n) is 3.42. The van der Waals surface area contributed by atoms with Gasteiger partial charge in [0, 0.05) is 9.26 Å². The van der Waals surface area contributed by atoms with Crippen LogP contribution in [0.5, 0.6) is 0 Å². The Bertz CT molecular complexity index is 719. The van der Waals surface area contributed by atoms with Crippen molar-refractivity contribution in [1.29, 1.82) is 0 Å². The zero-order valence-corrected chi connectivity index (χ0v) is 15.4. The Kier molecular flexibility index (Phi) is 6.74. The first-order valence-corrected chi connectivity index (χ1v) is 8.55. The lowest BCUT2D eigenvalue weighted by molar-refractivity contribution is -0.146. The molecular formula is C18H19IN2O3. The van der Waals surface area contributed by atoms with Gasteiger partial charge in [-0.05, 0) is 52.8 Å². The average Bonchev–Trinajstić information content (AvgIpc) is 2.57. The molecule has 0 aliphatic rings. The van der Waals surface area contributed by atoms with Crippen molar-refractivity contribution in [3.8, 4) is 0 Å². The van der Waals surface area contributed by atoms with Crippen LogP contribution < -0.4 is 11.1 Å². The minimum atomic E-state index is -0.953. The molecule has 0 radical (unpaired) electrons. The molecule has 0 bridgehead atoms. The zero-order valence-electron chi connectivity index (χ0n) is 13.3. The standard InChI is InChI=1S/C18H19IN2O3/c1-12-7-8-14(19)9-16(12)21-18(23)15(20)10-17(22)24-11-13-5-3-2-4-6-13/h2-9,15H,10-11,20H2,1H3,(H,21,23)/t15-/m0/s1. The van der Waals surface area contributed by atoms with Crippen LogP contribution in [0, 0.1) is 10.5 Å². The molecule has 6 heteroatoms. The second kappa shape index (κ2) is 8.79. The molecule has 0 saturated carbocycles. The van der Waals surface area contributed by atoms with Gasteiger partial charge in [-0.2, -0.15) is 0 Å². The summed E-state index contributed by atoms with van der Waals surface area (Å²) in [6, 6.07) is 14.1. The molecule has 1 amide bonds. The van der Waals surface area contributed by atoms with Gasteiger partial charge in [0.05, 0.1) is 12.5 Å². The Morgan fingerprint density at radius 1 is 1.21 bits per heavy atom. The smallest absolute Gasteiger partial charge is 0.308 e. The van der Waals surface area contributed by atoms with Gasteiger partial charge < -0.3 is 15.8 Å². The molecule has 24 heavy (non-hydrogen) atoms. The summed E-state index contributed by atoms with van der Waals surface area (Å²) in [6.07, 6.45) is -0.165. The van der Waals surface area contributed by atoms with Crippen molar-refractivity contribution in [2.24, 2.45) is 5.73 Å². The van der Waals surface area contributed by atoms with Crippen LogP contribution in [0.25, 0.3) is 0 Å². The lowest BCUT2D eigenvalue weighted by atomic mass is 10.1. The van der Waals surface area contributed by atoms with Gasteiger partial charge in [-0.15, -0.1) is 0 Å². The van der Waals surface area contributed by atoms with Crippen molar-refractivity contribution < 1.29 is 14.3 Å². The highest BCUT2D eigenvalue weighted by molar-refractivity contribution is 14.1. The maximum atomic E-state index is 12.1. The van der Waals surface area contributed by atoms with E-state index >= 15 is 0 Å². The number of carbonyl (C=O) groups is 2. The molecule has 0 saturated heterocycles. The monoisotopic (exact) mass is 438 g/mol. The fraction of sp³-hybridized carbons (Fsp3) is 0.222. The Morgan fingerprint density at radius 3 is 2.62 bits per heavy atom. The number of hydrogen-bond donors (Lipinski definition) is 2. The van der Waals surface area contributed by atoms with Crippen LogP contribution in [-0.2, 0) is 20.9 Å². The number of hydrogen-bond acceptors (Lipinski definition) is 4. The van der Waals surface area contributed by atoms with Crippen molar-refractivity contribution in [3.63, 3.8) is 0 Å². The minimum Gasteiger partial charge on any atom is -0.461 e. The second-order valence-corrected chi connectivity index (χ2v) is 6.65. The molecule has 5 nitrogen and oxygen atoms in total. The van der Waals surface area contributed by atoms with Gasteiger partial charge in [0.2, 0.25) is 5.91 Å². The molecule has 2 rings (SSSR count). The summed E-state index contributed by atoms with van der Waals surface area (Å²) >= 11 is 2.17. The lowest BCUT2D eigenvalue weighted by Crippen LogP contribution is -2.38. The van der Waals surface area contributed by atoms with Gasteiger partial charge in [-0.3, -0.25) is 9.59 Å². The van der Waals surface area contributed by atoms with E-state index in [1.165, 1.54) is 0 Å². The molecular weight excluding hydrogens is 419 g/mol. The first-order valence-electron chi connectivity index (χ1n) is 7.48. The number of benzene rings is 2. The van der Waals surface area contributed by atoms with Crippen LogP contribution in [0.15, 0.2) is 48.5 Å². The van der Waals surface area contributed by atoms with Crippen molar-refractivity contribution in [2.45, 2.75) is 26.0 Å². The van der Waals surface area contributed by atoms with Crippen molar-refractivity contribution in [3.05, 3.63) is 63.2 Å². The quantitative estimate of drug-likeness (QED) is 0.537. The zero-order chi connectivity index (χ0) is 17.5. The van der Waals surface area contributed by atoms with E-state index in [-0.39, 0.29) is 13.0 Å². The van der Waals surface area contributed by atoms with E-state index in [2.05, 4.69) is 27.9 Å². The number of anilines is 1. The predicted molar refractivity (Wildman–Crippen MR) is 101 cm³/mol. The average molecular weight is 438 g/mol. The largest absolute Gasteiger partial charge is 0.461 e. The second-order valence-electron chi connectivity index (χ2n) is 5.41. The molecule has 0 aliphatic heterocycles. The van der Waals surface area contributed by atoms with Crippen LogP contribution in [0.3, 0.4) is 0 Å². The molecule has 0 heterocycles. The third-order valence-corrected chi connectivity index (χ3v) is 4.09. The minimum absolute atomic E-state index is 0.165. The van der Waals surface area contributed by atoms with E-state index < -0.39 is 17.9 Å². The molecule has 0 aromatic heterocycles. The molecule has 3 N–H and O–H groups in total. The van der Waals surface area contributed by atoms with Crippen LogP contribution in [-0.4, -0.2) is 17.9 Å². The molecule has 0 spiro atoms. The number of aryl methyl sites for hydroxylation is 1. The summed E-state index contributed by atoms with van der Waals surface area (Å²) in [6.45, 7) is 2.06. The number of halogens is 1. The van der Waals surface area contributed by atoms with Gasteiger partial charge in [-0.25, -0.2) is 0 Å². The summed E-state index contributed by atoms with van der Waals surface area (Å²) in [5.41, 5.74) is 8.32. The molecule has 1 atom stereocenters. The fourth-order valence-corrected chi connectivity index (χ4v) is 2.51. The summed E-state index contributed by atoms with van der Waals surface area (Å²) in [4.78, 5) is 24.0. The SMILES string of the molecule is Cc1ccc(I)cc1NC(=O)[C@@H](N)CC(=O)OCc1ccccc1. The van der Waals surface area contributed by atoms with E-state index in [9.17, 15) is 9.59 Å². The Hall–Kier alpha value is -1.93. The summed E-state index contributed by atoms with van der Waals surface area (Å²) in [5.74, 6) is -0.905. The third kappa shape index (κ3) is 5.61. The van der Waals surface area contributed by atoms with Crippen molar-refractivity contribution in [1.82, 2.24) is 0 Å². The van der Waals surface area contributed by atoms with Gasteiger partial charge >= 0.3 is 5.97 Å². The number of nitrogens with one attached hydrogen (secondary N) is 1. The molecule has 0 fully saturated rings. The number of nitrogens with two attached hydrogens (primary N) is 1. The topological polar surface area (TPSA) is 81.4 Å². The first-order chi connectivity index (χ1) is 11.5. The first kappa shape index (κ1) is 18.4. The lowest BCUT2D eigenvalue weighted by Gasteiger charge is -2.14. The highest BCUT2D eigenvalue weighted by Gasteiger charge is 2.19. The van der Waals surface area contributed by atoms with E-state index in [1.807, 2.05) is 55.5 Å². The van der Waals surface area contributed by atoms with E-state index in [0.717, 1.165) is 14.7 Å². The Labute approximate surface area is 154 Å². The molecule has 2 aromatic rings. The van der Waals surface area contributed by atoms with Crippen molar-refractivity contribution in [2.75, 3.05) is 5.32 Å². The van der Waals surface area contributed by atoms with Crippen LogP contribution >= 0.6 is 22.6 Å². The number of amides is 1. The van der Waals surface area contributed by atoms with Crippen molar-refractivity contribution >= 4 is 40.2 Å². The van der Waals surface area contributed by atoms with Crippen LogP contribution in [0.2, 0.25) is 0 Å². The van der Waals surface area contributed by atoms with Crippen LogP contribution in [0.1, 0.15) is 17.5 Å². The predicted octanol–water partition coefficient (Wildman–Crippen LogP) is 3.00. The number of ether oxygens (including phenoxy) is 1. The highest BCUT2D eigenvalue weighted by atomic mass is 127. The number of esters is 1. The maximum Gasteiger partial charge on any atom is 0.308 e. The molecule has 2 aromatic carbocycles. The van der Waals surface area contributed by atoms with Gasteiger partial charge in [-0.1, -0.05) is 36.4 Å². The molecule has 0 unspecified atom stereocenters. The summed E-state index contributed by atoms with van der Waals surface area (Å²) < 4.78 is 6.15. The molecule has 126 valence electrons. The normalized spacial score (nSPS) is 11.6.